The van der Waals surface area contributed by atoms with Crippen molar-refractivity contribution in [2.75, 3.05) is 0 Å². The fourth-order valence-electron chi connectivity index (χ4n) is 0.582. The van der Waals surface area contributed by atoms with Crippen LogP contribution in [0.3, 0.4) is 0 Å². The number of hydrogen-bond donors (Lipinski definition) is 0. The van der Waals surface area contributed by atoms with Crippen molar-refractivity contribution in [1.29, 1.82) is 0 Å². The van der Waals surface area contributed by atoms with Gasteiger partial charge >= 0.3 is 5.89 Å². The summed E-state index contributed by atoms with van der Waals surface area (Å²) in [6.45, 7) is 3.70. The molecule has 1 aromatic heterocycles. The fourth-order valence-corrected chi connectivity index (χ4v) is 0.582. The lowest BCUT2D eigenvalue weighted by Crippen LogP contribution is -2.32. The Morgan fingerprint density at radius 2 is 2.12 bits per heavy atom. The Balaban J connectivity index is 3.14. The molecule has 3 nitrogen and oxygen atoms in total. The summed E-state index contributed by atoms with van der Waals surface area (Å²) in [5.74, 6) is 1.55. The normalized spacial score (nSPS) is 9.88. The predicted octanol–water partition coefficient (Wildman–Crippen LogP) is 0.116. The van der Waals surface area contributed by atoms with Gasteiger partial charge in [0.15, 0.2) is 7.05 Å². The van der Waals surface area contributed by atoms with E-state index in [0.29, 0.717) is 5.89 Å². The smallest absolute Gasteiger partial charge is 0.370 e. The Bertz CT molecular complexity index is 173. The molecule has 8 heavy (non-hydrogen) atoms. The van der Waals surface area contributed by atoms with E-state index < -0.39 is 0 Å². The lowest BCUT2D eigenvalue weighted by molar-refractivity contribution is -0.737. The number of aryl methyl sites for hydroxylation is 3. The average molecular weight is 113 g/mol. The van der Waals surface area contributed by atoms with E-state index in [9.17, 15) is 0 Å². The van der Waals surface area contributed by atoms with Crippen LogP contribution in [0.25, 0.3) is 0 Å². The Morgan fingerprint density at radius 3 is 2.25 bits per heavy atom. The molecule has 0 aromatic carbocycles. The first-order chi connectivity index (χ1) is 3.70. The minimum Gasteiger partial charge on any atom is -0.386 e. The molecule has 3 heteroatoms. The van der Waals surface area contributed by atoms with Crippen molar-refractivity contribution in [2.24, 2.45) is 7.05 Å². The van der Waals surface area contributed by atoms with Gasteiger partial charge in [-0.2, -0.15) is 0 Å². The summed E-state index contributed by atoms with van der Waals surface area (Å²) in [6, 6.07) is 0. The van der Waals surface area contributed by atoms with Gasteiger partial charge in [0.05, 0.1) is 6.92 Å². The molecule has 0 saturated carbocycles. The van der Waals surface area contributed by atoms with Gasteiger partial charge < -0.3 is 4.42 Å². The average Bonchev–Trinajstić information content (AvgIpc) is 1.85. The highest BCUT2D eigenvalue weighted by atomic mass is 16.4. The predicted molar refractivity (Wildman–Crippen MR) is 27.2 cm³/mol. The topological polar surface area (TPSA) is 29.9 Å². The van der Waals surface area contributed by atoms with Gasteiger partial charge in [-0.05, 0) is 0 Å². The first-order valence-corrected chi connectivity index (χ1v) is 2.50. The molecule has 0 atom stereocenters. The van der Waals surface area contributed by atoms with Gasteiger partial charge in [-0.25, -0.2) is 0 Å². The molecule has 1 rings (SSSR count). The summed E-state index contributed by atoms with van der Waals surface area (Å²) in [5, 5.41) is 3.96. The van der Waals surface area contributed by atoms with Gasteiger partial charge in [-0.3, -0.25) is 0 Å². The summed E-state index contributed by atoms with van der Waals surface area (Å²) in [5.41, 5.74) is 0. The number of hydrogen-bond acceptors (Lipinski definition) is 2. The zero-order valence-corrected chi connectivity index (χ0v) is 5.30. The summed E-state index contributed by atoms with van der Waals surface area (Å²) < 4.78 is 6.77. The van der Waals surface area contributed by atoms with Crippen LogP contribution in [0.15, 0.2) is 4.42 Å². The number of aromatic nitrogens is 2. The molecule has 0 bridgehead atoms. The Hall–Kier alpha value is -0.860. The van der Waals surface area contributed by atoms with Crippen molar-refractivity contribution in [3.05, 3.63) is 11.8 Å². The molecule has 44 valence electrons. The van der Waals surface area contributed by atoms with Crippen LogP contribution in [0.4, 0.5) is 0 Å². The molecule has 1 heterocycles. The van der Waals surface area contributed by atoms with Crippen LogP contribution in [0.2, 0.25) is 0 Å². The van der Waals surface area contributed by atoms with E-state index in [2.05, 4.69) is 5.10 Å². The molecule has 0 fully saturated rings. The highest BCUT2D eigenvalue weighted by Crippen LogP contribution is 1.89. The number of rotatable bonds is 0. The molecule has 0 saturated heterocycles. The molecule has 0 aliphatic heterocycles. The second-order valence-electron chi connectivity index (χ2n) is 1.76. The van der Waals surface area contributed by atoms with Crippen LogP contribution >= 0.6 is 0 Å². The fraction of sp³-hybridized carbons (Fsp3) is 0.600. The summed E-state index contributed by atoms with van der Waals surface area (Å²) in [7, 11) is 1.85. The molecule has 0 spiro atoms. The minimum absolute atomic E-state index is 0.713. The molecule has 0 unspecified atom stereocenters. The van der Waals surface area contributed by atoms with Crippen molar-refractivity contribution in [3.8, 4) is 0 Å². The third-order valence-corrected chi connectivity index (χ3v) is 1.04. The third-order valence-electron chi connectivity index (χ3n) is 1.04. The van der Waals surface area contributed by atoms with E-state index in [1.165, 1.54) is 0 Å². The Labute approximate surface area is 47.9 Å². The summed E-state index contributed by atoms with van der Waals surface area (Å²) >= 11 is 0. The first kappa shape index (κ1) is 5.28. The largest absolute Gasteiger partial charge is 0.386 e. The van der Waals surface area contributed by atoms with Gasteiger partial charge in [0.25, 0.3) is 5.89 Å². The maximum Gasteiger partial charge on any atom is 0.370 e. The monoisotopic (exact) mass is 113 g/mol. The van der Waals surface area contributed by atoms with Gasteiger partial charge in [-0.15, -0.1) is 0 Å². The van der Waals surface area contributed by atoms with E-state index in [1.807, 2.05) is 20.9 Å². The van der Waals surface area contributed by atoms with Crippen LogP contribution in [-0.2, 0) is 7.05 Å². The van der Waals surface area contributed by atoms with E-state index in [0.717, 1.165) is 5.89 Å². The van der Waals surface area contributed by atoms with E-state index in [1.54, 1.807) is 4.68 Å². The highest BCUT2D eigenvalue weighted by molar-refractivity contribution is 4.64. The van der Waals surface area contributed by atoms with Crippen LogP contribution in [0.5, 0.6) is 0 Å². The van der Waals surface area contributed by atoms with Crippen LogP contribution < -0.4 is 4.68 Å². The molecule has 0 aliphatic carbocycles. The van der Waals surface area contributed by atoms with Crippen LogP contribution in [-0.4, -0.2) is 5.10 Å². The molecule has 0 N–H and O–H groups in total. The second kappa shape index (κ2) is 1.58. The zero-order chi connectivity index (χ0) is 6.15. The SMILES string of the molecule is Cc1n[n+](C)c(C)o1. The Kier molecular flexibility index (Phi) is 1.04. The summed E-state index contributed by atoms with van der Waals surface area (Å²) in [4.78, 5) is 0. The lowest BCUT2D eigenvalue weighted by atomic mass is 10.8. The van der Waals surface area contributed by atoms with Crippen molar-refractivity contribution in [3.63, 3.8) is 0 Å². The maximum atomic E-state index is 5.07. The van der Waals surface area contributed by atoms with Gasteiger partial charge in [-0.1, -0.05) is 4.68 Å². The van der Waals surface area contributed by atoms with E-state index >= 15 is 0 Å². The van der Waals surface area contributed by atoms with Gasteiger partial charge in [0.1, 0.15) is 0 Å². The molecule has 0 radical (unpaired) electrons. The van der Waals surface area contributed by atoms with E-state index in [4.69, 9.17) is 4.42 Å². The van der Waals surface area contributed by atoms with Crippen LogP contribution in [0, 0.1) is 13.8 Å². The second-order valence-corrected chi connectivity index (χ2v) is 1.76. The van der Waals surface area contributed by atoms with Crippen LogP contribution in [0.1, 0.15) is 11.8 Å². The zero-order valence-electron chi connectivity index (χ0n) is 5.30. The highest BCUT2D eigenvalue weighted by Gasteiger charge is 2.06. The molecular weight excluding hydrogens is 104 g/mol. The van der Waals surface area contributed by atoms with Crippen molar-refractivity contribution >= 4 is 0 Å². The molecule has 0 amide bonds. The Morgan fingerprint density at radius 1 is 1.50 bits per heavy atom. The first-order valence-electron chi connectivity index (χ1n) is 2.50. The standard InChI is InChI=1S/C5H9N2O/c1-4-6-7(3)5(2)8-4/h1-3H3/q+1. The van der Waals surface area contributed by atoms with Crippen molar-refractivity contribution in [1.82, 2.24) is 5.10 Å². The molecule has 1 aromatic rings. The van der Waals surface area contributed by atoms with Crippen molar-refractivity contribution in [2.45, 2.75) is 13.8 Å². The molecular formula is C5H9N2O+. The summed E-state index contributed by atoms with van der Waals surface area (Å²) in [6.07, 6.45) is 0. The van der Waals surface area contributed by atoms with Crippen molar-refractivity contribution < 1.29 is 9.10 Å². The van der Waals surface area contributed by atoms with Gasteiger partial charge in [0, 0.05) is 12.0 Å². The quantitative estimate of drug-likeness (QED) is 0.447. The van der Waals surface area contributed by atoms with Gasteiger partial charge in [0.2, 0.25) is 0 Å². The third kappa shape index (κ3) is 0.710. The number of nitrogens with zero attached hydrogens (tertiary/aromatic N) is 2. The molecule has 0 aliphatic rings. The lowest BCUT2D eigenvalue weighted by Gasteiger charge is -1.68. The maximum absolute atomic E-state index is 5.07. The van der Waals surface area contributed by atoms with E-state index in [-0.39, 0.29) is 0 Å². The minimum atomic E-state index is 0.713.